The van der Waals surface area contributed by atoms with Crippen LogP contribution in [0.4, 0.5) is 5.13 Å². The Kier molecular flexibility index (Phi) is 6.35. The molecule has 2 N–H and O–H groups in total. The molecule has 0 radical (unpaired) electrons. The summed E-state index contributed by atoms with van der Waals surface area (Å²) < 4.78 is 11.1. The lowest BCUT2D eigenvalue weighted by molar-refractivity contribution is 0.271. The Morgan fingerprint density at radius 1 is 1.00 bits per heavy atom. The summed E-state index contributed by atoms with van der Waals surface area (Å²) >= 11 is 1.48. The number of ether oxygens (including phenoxy) is 2. The number of aromatic nitrogens is 1. The van der Waals surface area contributed by atoms with Crippen LogP contribution in [0, 0.1) is 5.92 Å². The van der Waals surface area contributed by atoms with E-state index in [1.54, 1.807) is 7.11 Å². The smallest absolute Gasteiger partial charge is 0.180 e. The fourth-order valence-electron chi connectivity index (χ4n) is 2.91. The van der Waals surface area contributed by atoms with E-state index in [0.29, 0.717) is 11.0 Å². The molecule has 0 aliphatic carbocycles. The number of rotatable bonds is 8. The lowest BCUT2D eigenvalue weighted by Gasteiger charge is -2.17. The maximum atomic E-state index is 5.89. The fraction of sp³-hybridized carbons (Fsp3) is 0.318. The lowest BCUT2D eigenvalue weighted by atomic mass is 9.89. The van der Waals surface area contributed by atoms with Gasteiger partial charge in [-0.25, -0.2) is 4.98 Å². The number of hydrogen-bond donors (Lipinski definition) is 1. The van der Waals surface area contributed by atoms with Crippen LogP contribution < -0.4 is 15.2 Å². The number of nitrogen functional groups attached to an aromatic ring is 1. The van der Waals surface area contributed by atoms with E-state index in [0.717, 1.165) is 30.2 Å². The van der Waals surface area contributed by atoms with Gasteiger partial charge in [0.15, 0.2) is 5.13 Å². The molecule has 27 heavy (non-hydrogen) atoms. The molecule has 142 valence electrons. The Bertz CT molecular complexity index is 842. The summed E-state index contributed by atoms with van der Waals surface area (Å²) in [7, 11) is 1.68. The molecule has 0 saturated heterocycles. The van der Waals surface area contributed by atoms with Crippen LogP contribution in [0.3, 0.4) is 0 Å². The van der Waals surface area contributed by atoms with Crippen molar-refractivity contribution >= 4 is 16.5 Å². The third-order valence-corrected chi connectivity index (χ3v) is 5.05. The van der Waals surface area contributed by atoms with Crippen molar-refractivity contribution in [3.63, 3.8) is 0 Å². The number of nitrogens with zero attached hydrogens (tertiary/aromatic N) is 1. The van der Waals surface area contributed by atoms with Gasteiger partial charge in [0.25, 0.3) is 0 Å². The van der Waals surface area contributed by atoms with Crippen LogP contribution >= 0.6 is 11.3 Å². The Balaban J connectivity index is 1.83. The van der Waals surface area contributed by atoms with Gasteiger partial charge in [-0.05, 0) is 47.7 Å². The van der Waals surface area contributed by atoms with Gasteiger partial charge in [-0.2, -0.15) is 0 Å². The number of nitrogens with two attached hydrogens (primary N) is 1. The van der Waals surface area contributed by atoms with Crippen molar-refractivity contribution in [2.24, 2.45) is 5.92 Å². The molecule has 4 nitrogen and oxygen atoms in total. The van der Waals surface area contributed by atoms with Crippen LogP contribution in [0.5, 0.6) is 11.5 Å². The molecule has 0 amide bonds. The second-order valence-corrected chi connectivity index (χ2v) is 7.88. The molecule has 0 spiro atoms. The Hall–Kier alpha value is -2.53. The zero-order chi connectivity index (χ0) is 19.2. The third-order valence-electron chi connectivity index (χ3n) is 4.36. The fourth-order valence-corrected chi connectivity index (χ4v) is 3.53. The van der Waals surface area contributed by atoms with Gasteiger partial charge in [0.2, 0.25) is 0 Å². The molecule has 2 aromatic carbocycles. The molecule has 1 aromatic heterocycles. The zero-order valence-electron chi connectivity index (χ0n) is 16.0. The van der Waals surface area contributed by atoms with E-state index in [9.17, 15) is 0 Å². The minimum atomic E-state index is 0.145. The summed E-state index contributed by atoms with van der Waals surface area (Å²) in [5.74, 6) is 2.41. The number of benzene rings is 2. The van der Waals surface area contributed by atoms with Crippen molar-refractivity contribution in [3.05, 3.63) is 70.7 Å². The predicted octanol–water partition coefficient (Wildman–Crippen LogP) is 5.14. The Morgan fingerprint density at radius 3 is 2.22 bits per heavy atom. The van der Waals surface area contributed by atoms with Crippen molar-refractivity contribution in [2.45, 2.75) is 26.2 Å². The number of hydrogen-bond acceptors (Lipinski definition) is 5. The van der Waals surface area contributed by atoms with Gasteiger partial charge in [0.05, 0.1) is 19.4 Å². The van der Waals surface area contributed by atoms with Crippen molar-refractivity contribution in [2.75, 3.05) is 19.5 Å². The highest BCUT2D eigenvalue weighted by molar-refractivity contribution is 7.13. The number of anilines is 1. The van der Waals surface area contributed by atoms with Gasteiger partial charge in [-0.1, -0.05) is 38.1 Å². The monoisotopic (exact) mass is 382 g/mol. The quantitative estimate of drug-likeness (QED) is 0.586. The number of thiazole rings is 1. The summed E-state index contributed by atoms with van der Waals surface area (Å²) in [5.41, 5.74) is 9.32. The second-order valence-electron chi connectivity index (χ2n) is 6.99. The Labute approximate surface area is 165 Å². The first-order chi connectivity index (χ1) is 13.0. The van der Waals surface area contributed by atoms with E-state index in [1.165, 1.54) is 22.5 Å². The summed E-state index contributed by atoms with van der Waals surface area (Å²) in [5, 5.41) is 2.65. The van der Waals surface area contributed by atoms with Gasteiger partial charge in [-0.3, -0.25) is 0 Å². The average Bonchev–Trinajstić information content (AvgIpc) is 3.11. The maximum Gasteiger partial charge on any atom is 0.180 e. The van der Waals surface area contributed by atoms with Crippen LogP contribution in [-0.4, -0.2) is 18.7 Å². The minimum Gasteiger partial charge on any atom is -0.497 e. The highest BCUT2D eigenvalue weighted by atomic mass is 32.1. The van der Waals surface area contributed by atoms with E-state index < -0.39 is 0 Å². The SMILES string of the molecule is COc1ccc(CC(c2ccc(OCC(C)C)cc2)c2csc(N)n2)cc1. The molecule has 1 heterocycles. The van der Waals surface area contributed by atoms with Crippen LogP contribution in [0.15, 0.2) is 53.9 Å². The van der Waals surface area contributed by atoms with E-state index in [2.05, 4.69) is 43.1 Å². The van der Waals surface area contributed by atoms with Crippen LogP contribution in [0.2, 0.25) is 0 Å². The molecular weight excluding hydrogens is 356 g/mol. The van der Waals surface area contributed by atoms with E-state index >= 15 is 0 Å². The summed E-state index contributed by atoms with van der Waals surface area (Å²) in [6.07, 6.45) is 0.847. The Morgan fingerprint density at radius 2 is 1.67 bits per heavy atom. The van der Waals surface area contributed by atoms with Gasteiger partial charge in [-0.15, -0.1) is 11.3 Å². The zero-order valence-corrected chi connectivity index (χ0v) is 16.8. The normalized spacial score (nSPS) is 12.1. The van der Waals surface area contributed by atoms with E-state index in [-0.39, 0.29) is 5.92 Å². The molecule has 0 bridgehead atoms. The van der Waals surface area contributed by atoms with Crippen LogP contribution in [0.25, 0.3) is 0 Å². The standard InChI is InChI=1S/C22H26N2O2S/c1-15(2)13-26-19-10-6-17(7-11-19)20(21-14-27-22(23)24-21)12-16-4-8-18(25-3)9-5-16/h4-11,14-15,20H,12-13H2,1-3H3,(H2,23,24). The molecule has 0 aliphatic heterocycles. The first-order valence-electron chi connectivity index (χ1n) is 9.11. The number of methoxy groups -OCH3 is 1. The topological polar surface area (TPSA) is 57.4 Å². The summed E-state index contributed by atoms with van der Waals surface area (Å²) in [6.45, 7) is 5.01. The average molecular weight is 383 g/mol. The van der Waals surface area contributed by atoms with Crippen molar-refractivity contribution in [1.82, 2.24) is 4.98 Å². The first kappa shape index (κ1) is 19.2. The predicted molar refractivity (Wildman–Crippen MR) is 112 cm³/mol. The molecule has 3 rings (SSSR count). The van der Waals surface area contributed by atoms with Crippen molar-refractivity contribution in [1.29, 1.82) is 0 Å². The third kappa shape index (κ3) is 5.23. The molecule has 0 fully saturated rings. The van der Waals surface area contributed by atoms with Crippen molar-refractivity contribution < 1.29 is 9.47 Å². The molecule has 3 aromatic rings. The van der Waals surface area contributed by atoms with Crippen LogP contribution in [0.1, 0.15) is 36.6 Å². The van der Waals surface area contributed by atoms with Crippen molar-refractivity contribution in [3.8, 4) is 11.5 Å². The van der Waals surface area contributed by atoms with Gasteiger partial charge < -0.3 is 15.2 Å². The van der Waals surface area contributed by atoms with Gasteiger partial charge in [0.1, 0.15) is 11.5 Å². The summed E-state index contributed by atoms with van der Waals surface area (Å²) in [4.78, 5) is 4.54. The lowest BCUT2D eigenvalue weighted by Crippen LogP contribution is -2.07. The molecule has 1 unspecified atom stereocenters. The second kappa shape index (κ2) is 8.91. The molecule has 0 aliphatic rings. The van der Waals surface area contributed by atoms with E-state index in [4.69, 9.17) is 15.2 Å². The summed E-state index contributed by atoms with van der Waals surface area (Å²) in [6, 6.07) is 16.5. The molecular formula is C22H26N2O2S. The minimum absolute atomic E-state index is 0.145. The molecule has 5 heteroatoms. The highest BCUT2D eigenvalue weighted by Crippen LogP contribution is 2.31. The largest absolute Gasteiger partial charge is 0.497 e. The van der Waals surface area contributed by atoms with Gasteiger partial charge >= 0.3 is 0 Å². The maximum absolute atomic E-state index is 5.89. The first-order valence-corrected chi connectivity index (χ1v) is 9.99. The molecule has 1 atom stereocenters. The van der Waals surface area contributed by atoms with E-state index in [1.807, 2.05) is 29.6 Å². The van der Waals surface area contributed by atoms with Gasteiger partial charge in [0, 0.05) is 11.3 Å². The van der Waals surface area contributed by atoms with Crippen LogP contribution in [-0.2, 0) is 6.42 Å². The molecule has 0 saturated carbocycles. The highest BCUT2D eigenvalue weighted by Gasteiger charge is 2.18.